The number of anilines is 1. The van der Waals surface area contributed by atoms with Crippen LogP contribution >= 0.6 is 0 Å². The van der Waals surface area contributed by atoms with Gasteiger partial charge in [-0.3, -0.25) is 4.98 Å². The number of nitrogens with one attached hydrogen (secondary N) is 1. The second kappa shape index (κ2) is 7.53. The molecule has 112 valence electrons. The molecule has 0 aliphatic heterocycles. The largest absolute Gasteiger partial charge is 0.493 e. The highest BCUT2D eigenvalue weighted by Gasteiger charge is 2.10. The maximum atomic E-state index is 5.38. The fourth-order valence-corrected chi connectivity index (χ4v) is 2.24. The van der Waals surface area contributed by atoms with Gasteiger partial charge in [0.25, 0.3) is 0 Å². The van der Waals surface area contributed by atoms with E-state index in [2.05, 4.69) is 41.5 Å². The predicted molar refractivity (Wildman–Crippen MR) is 85.1 cm³/mol. The lowest BCUT2D eigenvalue weighted by molar-refractivity contribution is 0.350. The Morgan fingerprint density at radius 2 is 1.81 bits per heavy atom. The maximum absolute atomic E-state index is 5.38. The van der Waals surface area contributed by atoms with Crippen molar-refractivity contribution in [3.8, 4) is 11.5 Å². The first-order valence-corrected chi connectivity index (χ1v) is 7.17. The van der Waals surface area contributed by atoms with Crippen molar-refractivity contribution in [2.75, 3.05) is 19.5 Å². The van der Waals surface area contributed by atoms with Gasteiger partial charge in [0, 0.05) is 18.0 Å². The average Bonchev–Trinajstić information content (AvgIpc) is 2.54. The van der Waals surface area contributed by atoms with Crippen molar-refractivity contribution in [2.45, 2.75) is 26.3 Å². The standard InChI is InChI=1S/C17H22N2O2/c1-4-5-13-6-8-14(9-7-13)19-12-15-17(21-3)16(20-2)10-11-18-15/h6-11,19H,4-5,12H2,1-3H3. The van der Waals surface area contributed by atoms with Crippen LogP contribution in [0.2, 0.25) is 0 Å². The highest BCUT2D eigenvalue weighted by molar-refractivity contribution is 5.48. The second-order valence-electron chi connectivity index (χ2n) is 4.79. The summed E-state index contributed by atoms with van der Waals surface area (Å²) < 4.78 is 10.7. The van der Waals surface area contributed by atoms with Gasteiger partial charge in [0.15, 0.2) is 11.5 Å². The van der Waals surface area contributed by atoms with Crippen LogP contribution in [-0.2, 0) is 13.0 Å². The van der Waals surface area contributed by atoms with Gasteiger partial charge in [0.1, 0.15) is 5.69 Å². The molecule has 2 aromatic rings. The van der Waals surface area contributed by atoms with Crippen molar-refractivity contribution in [1.82, 2.24) is 4.98 Å². The van der Waals surface area contributed by atoms with Crippen LogP contribution in [0.4, 0.5) is 5.69 Å². The Kier molecular flexibility index (Phi) is 5.43. The quantitative estimate of drug-likeness (QED) is 0.843. The van der Waals surface area contributed by atoms with Gasteiger partial charge < -0.3 is 14.8 Å². The summed E-state index contributed by atoms with van der Waals surface area (Å²) >= 11 is 0. The van der Waals surface area contributed by atoms with Crippen LogP contribution in [0.1, 0.15) is 24.6 Å². The Morgan fingerprint density at radius 1 is 1.05 bits per heavy atom. The predicted octanol–water partition coefficient (Wildman–Crippen LogP) is 3.66. The van der Waals surface area contributed by atoms with Crippen LogP contribution in [-0.4, -0.2) is 19.2 Å². The monoisotopic (exact) mass is 286 g/mol. The van der Waals surface area contributed by atoms with Gasteiger partial charge in [0.05, 0.1) is 20.8 Å². The van der Waals surface area contributed by atoms with Gasteiger partial charge in [-0.05, 0) is 24.1 Å². The zero-order valence-electron chi connectivity index (χ0n) is 12.8. The van der Waals surface area contributed by atoms with E-state index in [1.807, 2.05) is 0 Å². The van der Waals surface area contributed by atoms with E-state index >= 15 is 0 Å². The lowest BCUT2D eigenvalue weighted by atomic mass is 10.1. The SMILES string of the molecule is CCCc1ccc(NCc2nccc(OC)c2OC)cc1. The Balaban J connectivity index is 2.05. The zero-order valence-corrected chi connectivity index (χ0v) is 12.8. The summed E-state index contributed by atoms with van der Waals surface area (Å²) in [5, 5.41) is 3.36. The van der Waals surface area contributed by atoms with Gasteiger partial charge in [-0.25, -0.2) is 0 Å². The van der Waals surface area contributed by atoms with E-state index in [-0.39, 0.29) is 0 Å². The topological polar surface area (TPSA) is 43.4 Å². The maximum Gasteiger partial charge on any atom is 0.184 e. The van der Waals surface area contributed by atoms with E-state index in [1.54, 1.807) is 26.5 Å². The molecule has 1 aromatic carbocycles. The van der Waals surface area contributed by atoms with Crippen LogP contribution in [0.3, 0.4) is 0 Å². The number of hydrogen-bond acceptors (Lipinski definition) is 4. The van der Waals surface area contributed by atoms with E-state index in [4.69, 9.17) is 9.47 Å². The van der Waals surface area contributed by atoms with E-state index in [1.165, 1.54) is 5.56 Å². The molecule has 1 heterocycles. The van der Waals surface area contributed by atoms with Crippen molar-refractivity contribution in [3.63, 3.8) is 0 Å². The first-order chi connectivity index (χ1) is 10.3. The van der Waals surface area contributed by atoms with Crippen molar-refractivity contribution in [1.29, 1.82) is 0 Å². The molecule has 0 aliphatic rings. The van der Waals surface area contributed by atoms with Crippen LogP contribution in [0.5, 0.6) is 11.5 Å². The third-order valence-electron chi connectivity index (χ3n) is 3.32. The summed E-state index contributed by atoms with van der Waals surface area (Å²) in [6.07, 6.45) is 4.01. The molecule has 1 aromatic heterocycles. The van der Waals surface area contributed by atoms with Crippen LogP contribution in [0, 0.1) is 0 Å². The van der Waals surface area contributed by atoms with Crippen molar-refractivity contribution in [3.05, 3.63) is 47.8 Å². The minimum Gasteiger partial charge on any atom is -0.493 e. The van der Waals surface area contributed by atoms with Gasteiger partial charge in [0.2, 0.25) is 0 Å². The lowest BCUT2D eigenvalue weighted by Crippen LogP contribution is -2.05. The molecule has 0 radical (unpaired) electrons. The molecule has 2 rings (SSSR count). The summed E-state index contributed by atoms with van der Waals surface area (Å²) in [6, 6.07) is 10.3. The van der Waals surface area contributed by atoms with Gasteiger partial charge in [-0.15, -0.1) is 0 Å². The first-order valence-electron chi connectivity index (χ1n) is 7.17. The third kappa shape index (κ3) is 3.88. The molecule has 0 amide bonds. The number of pyridine rings is 1. The zero-order chi connectivity index (χ0) is 15.1. The summed E-state index contributed by atoms with van der Waals surface area (Å²) in [5.41, 5.74) is 3.26. The molecule has 0 spiro atoms. The molecule has 0 aliphatic carbocycles. The molecule has 0 atom stereocenters. The molecule has 21 heavy (non-hydrogen) atoms. The highest BCUT2D eigenvalue weighted by atomic mass is 16.5. The Labute approximate surface area is 126 Å². The van der Waals surface area contributed by atoms with Crippen molar-refractivity contribution >= 4 is 5.69 Å². The van der Waals surface area contributed by atoms with Gasteiger partial charge in [-0.2, -0.15) is 0 Å². The molecule has 0 saturated heterocycles. The van der Waals surface area contributed by atoms with E-state index in [9.17, 15) is 0 Å². The number of nitrogens with zero attached hydrogens (tertiary/aromatic N) is 1. The molecule has 0 bridgehead atoms. The van der Waals surface area contributed by atoms with Crippen molar-refractivity contribution in [2.24, 2.45) is 0 Å². The number of aryl methyl sites for hydroxylation is 1. The number of benzene rings is 1. The van der Waals surface area contributed by atoms with Crippen LogP contribution < -0.4 is 14.8 Å². The third-order valence-corrected chi connectivity index (χ3v) is 3.32. The van der Waals surface area contributed by atoms with E-state index in [0.717, 1.165) is 24.2 Å². The first kappa shape index (κ1) is 15.2. The van der Waals surface area contributed by atoms with Crippen LogP contribution in [0.15, 0.2) is 36.5 Å². The van der Waals surface area contributed by atoms with Crippen LogP contribution in [0.25, 0.3) is 0 Å². The van der Waals surface area contributed by atoms with E-state index in [0.29, 0.717) is 18.0 Å². The Bertz CT molecular complexity index is 568. The summed E-state index contributed by atoms with van der Waals surface area (Å²) in [5.74, 6) is 1.37. The number of ether oxygens (including phenoxy) is 2. The van der Waals surface area contributed by atoms with Crippen molar-refractivity contribution < 1.29 is 9.47 Å². The Hall–Kier alpha value is -2.23. The smallest absolute Gasteiger partial charge is 0.184 e. The molecule has 1 N–H and O–H groups in total. The molecular formula is C17H22N2O2. The second-order valence-corrected chi connectivity index (χ2v) is 4.79. The van der Waals surface area contributed by atoms with Gasteiger partial charge >= 0.3 is 0 Å². The molecule has 4 nitrogen and oxygen atoms in total. The number of hydrogen-bond donors (Lipinski definition) is 1. The molecule has 4 heteroatoms. The molecule has 0 fully saturated rings. The summed E-state index contributed by atoms with van der Waals surface area (Å²) in [4.78, 5) is 4.35. The number of aromatic nitrogens is 1. The number of methoxy groups -OCH3 is 2. The molecular weight excluding hydrogens is 264 g/mol. The molecule has 0 unspecified atom stereocenters. The van der Waals surface area contributed by atoms with E-state index < -0.39 is 0 Å². The lowest BCUT2D eigenvalue weighted by Gasteiger charge is -2.13. The minimum absolute atomic E-state index is 0.591. The Morgan fingerprint density at radius 3 is 2.43 bits per heavy atom. The fraction of sp³-hybridized carbons (Fsp3) is 0.353. The summed E-state index contributed by atoms with van der Waals surface area (Å²) in [6.45, 7) is 2.78. The average molecular weight is 286 g/mol. The summed E-state index contributed by atoms with van der Waals surface area (Å²) in [7, 11) is 3.25. The molecule has 0 saturated carbocycles. The minimum atomic E-state index is 0.591. The fourth-order valence-electron chi connectivity index (χ4n) is 2.24. The highest BCUT2D eigenvalue weighted by Crippen LogP contribution is 2.29. The number of rotatable bonds is 7. The normalized spacial score (nSPS) is 10.2. The van der Waals surface area contributed by atoms with Gasteiger partial charge in [-0.1, -0.05) is 25.5 Å².